The topological polar surface area (TPSA) is 90.3 Å². The monoisotopic (exact) mass is 417 g/mol. The molecule has 1 N–H and O–H groups in total. The molecule has 8 heteroatoms. The highest BCUT2D eigenvalue weighted by Crippen LogP contribution is 2.21. The van der Waals surface area contributed by atoms with Crippen LogP contribution in [0, 0.1) is 0 Å². The van der Waals surface area contributed by atoms with Crippen molar-refractivity contribution < 1.29 is 14.3 Å². The number of aromatic nitrogens is 2. The van der Waals surface area contributed by atoms with Gasteiger partial charge in [0.2, 0.25) is 5.91 Å². The molecule has 1 aliphatic carbocycles. The molecule has 1 amide bonds. The molecule has 0 bridgehead atoms. The molecule has 156 valence electrons. The number of benzene rings is 1. The molecule has 0 unspecified atom stereocenters. The smallest absolute Gasteiger partial charge is 0.337 e. The number of carbonyl (C=O) groups is 2. The second-order valence-electron chi connectivity index (χ2n) is 7.27. The van der Waals surface area contributed by atoms with Gasteiger partial charge >= 0.3 is 5.97 Å². The normalized spacial score (nSPS) is 14.3. The summed E-state index contributed by atoms with van der Waals surface area (Å²) in [6, 6.07) is 5.01. The summed E-state index contributed by atoms with van der Waals surface area (Å²) in [7, 11) is 1.31. The zero-order valence-corrected chi connectivity index (χ0v) is 17.7. The van der Waals surface area contributed by atoms with Crippen molar-refractivity contribution in [2.24, 2.45) is 0 Å². The van der Waals surface area contributed by atoms with Gasteiger partial charge in [0.25, 0.3) is 5.56 Å². The maximum absolute atomic E-state index is 13.0. The van der Waals surface area contributed by atoms with Gasteiger partial charge in [0.05, 0.1) is 29.3 Å². The van der Waals surface area contributed by atoms with Crippen LogP contribution in [0.2, 0.25) is 0 Å². The summed E-state index contributed by atoms with van der Waals surface area (Å²) in [5, 5.41) is 4.01. The molecule has 0 atom stereocenters. The number of ether oxygens (including phenoxy) is 1. The molecule has 7 nitrogen and oxygen atoms in total. The van der Waals surface area contributed by atoms with Gasteiger partial charge in [0, 0.05) is 12.6 Å². The summed E-state index contributed by atoms with van der Waals surface area (Å²) in [5.74, 6) is -0.312. The second-order valence-corrected chi connectivity index (χ2v) is 8.21. The van der Waals surface area contributed by atoms with Crippen molar-refractivity contribution in [2.75, 3.05) is 12.9 Å². The molecule has 1 saturated carbocycles. The summed E-state index contributed by atoms with van der Waals surface area (Å²) in [6.07, 6.45) is 6.16. The number of nitrogens with one attached hydrogen (secondary N) is 1. The van der Waals surface area contributed by atoms with Crippen LogP contribution in [0.25, 0.3) is 10.9 Å². The minimum atomic E-state index is -0.478. The van der Waals surface area contributed by atoms with Crippen molar-refractivity contribution in [1.29, 1.82) is 0 Å². The molecule has 2 aromatic rings. The first kappa shape index (κ1) is 21.4. The largest absolute Gasteiger partial charge is 0.465 e. The third-order valence-corrected chi connectivity index (χ3v) is 6.11. The van der Waals surface area contributed by atoms with Gasteiger partial charge in [0.15, 0.2) is 5.16 Å². The standard InChI is InChI=1S/C21H27N3O4S/c1-3-4-11-24-19(26)16-10-9-14(20(27)28-2)12-17(16)23-21(24)29-13-18(25)22-15-7-5-6-8-15/h9-10,12,15H,3-8,11,13H2,1-2H3,(H,22,25). The molecule has 0 saturated heterocycles. The predicted octanol–water partition coefficient (Wildman–Crippen LogP) is 3.13. The van der Waals surface area contributed by atoms with E-state index in [0.29, 0.717) is 28.2 Å². The van der Waals surface area contributed by atoms with Crippen LogP contribution in [0.15, 0.2) is 28.2 Å². The number of esters is 1. The number of methoxy groups -OCH3 is 1. The second kappa shape index (κ2) is 9.91. The SMILES string of the molecule is CCCCn1c(SCC(=O)NC2CCCC2)nc2cc(C(=O)OC)ccc2c1=O. The molecule has 1 aromatic carbocycles. The Labute approximate surface area is 174 Å². The highest BCUT2D eigenvalue weighted by molar-refractivity contribution is 7.99. The van der Waals surface area contributed by atoms with Crippen molar-refractivity contribution in [2.45, 2.75) is 63.2 Å². The Morgan fingerprint density at radius 3 is 2.76 bits per heavy atom. The number of amides is 1. The Kier molecular flexibility index (Phi) is 7.30. The van der Waals surface area contributed by atoms with Gasteiger partial charge in [0.1, 0.15) is 0 Å². The number of thioether (sulfide) groups is 1. The fourth-order valence-corrected chi connectivity index (χ4v) is 4.38. The van der Waals surface area contributed by atoms with Crippen LogP contribution in [-0.2, 0) is 16.1 Å². The lowest BCUT2D eigenvalue weighted by atomic mass is 10.1. The number of fused-ring (bicyclic) bond motifs is 1. The molecule has 1 fully saturated rings. The molecule has 0 aliphatic heterocycles. The van der Waals surface area contributed by atoms with Gasteiger partial charge in [-0.3, -0.25) is 14.2 Å². The van der Waals surface area contributed by atoms with Crippen LogP contribution in [0.5, 0.6) is 0 Å². The molecular weight excluding hydrogens is 390 g/mol. The van der Waals surface area contributed by atoms with E-state index in [0.717, 1.165) is 38.5 Å². The van der Waals surface area contributed by atoms with E-state index in [-0.39, 0.29) is 23.3 Å². The summed E-state index contributed by atoms with van der Waals surface area (Å²) in [5.41, 5.74) is 0.621. The minimum Gasteiger partial charge on any atom is -0.465 e. The Balaban J connectivity index is 1.88. The molecular formula is C21H27N3O4S. The first-order chi connectivity index (χ1) is 14.0. The third-order valence-electron chi connectivity index (χ3n) is 5.13. The number of rotatable bonds is 8. The van der Waals surface area contributed by atoms with Crippen molar-refractivity contribution in [3.05, 3.63) is 34.1 Å². The minimum absolute atomic E-state index is 0.0402. The van der Waals surface area contributed by atoms with Gasteiger partial charge in [-0.1, -0.05) is 37.9 Å². The Morgan fingerprint density at radius 1 is 1.31 bits per heavy atom. The molecule has 1 aromatic heterocycles. The average molecular weight is 418 g/mol. The zero-order valence-electron chi connectivity index (χ0n) is 16.9. The quantitative estimate of drug-likeness (QED) is 0.403. The van der Waals surface area contributed by atoms with Crippen LogP contribution < -0.4 is 10.9 Å². The van der Waals surface area contributed by atoms with Crippen LogP contribution in [-0.4, -0.2) is 40.3 Å². The van der Waals surface area contributed by atoms with E-state index in [9.17, 15) is 14.4 Å². The van der Waals surface area contributed by atoms with Gasteiger partial charge < -0.3 is 10.1 Å². The summed E-state index contributed by atoms with van der Waals surface area (Å²) in [4.78, 5) is 41.8. The fourth-order valence-electron chi connectivity index (χ4n) is 3.54. The van der Waals surface area contributed by atoms with E-state index in [4.69, 9.17) is 4.74 Å². The zero-order chi connectivity index (χ0) is 20.8. The van der Waals surface area contributed by atoms with Gasteiger partial charge in [-0.2, -0.15) is 0 Å². The highest BCUT2D eigenvalue weighted by Gasteiger charge is 2.19. The Morgan fingerprint density at radius 2 is 2.07 bits per heavy atom. The number of hydrogen-bond acceptors (Lipinski definition) is 6. The van der Waals surface area contributed by atoms with E-state index in [1.807, 2.05) is 0 Å². The Hall–Kier alpha value is -2.35. The van der Waals surface area contributed by atoms with E-state index >= 15 is 0 Å². The van der Waals surface area contributed by atoms with Crippen LogP contribution in [0.3, 0.4) is 0 Å². The first-order valence-electron chi connectivity index (χ1n) is 10.1. The number of carbonyl (C=O) groups excluding carboxylic acids is 2. The van der Waals surface area contributed by atoms with E-state index < -0.39 is 5.97 Å². The van der Waals surface area contributed by atoms with E-state index in [1.165, 1.54) is 18.9 Å². The van der Waals surface area contributed by atoms with Crippen molar-refractivity contribution in [3.63, 3.8) is 0 Å². The lowest BCUT2D eigenvalue weighted by Gasteiger charge is -2.14. The van der Waals surface area contributed by atoms with Crippen LogP contribution in [0.4, 0.5) is 0 Å². The molecule has 3 rings (SSSR count). The maximum Gasteiger partial charge on any atom is 0.337 e. The first-order valence-corrected chi connectivity index (χ1v) is 11.1. The fraction of sp³-hybridized carbons (Fsp3) is 0.524. The highest BCUT2D eigenvalue weighted by atomic mass is 32.2. The van der Waals surface area contributed by atoms with E-state index in [2.05, 4.69) is 17.2 Å². The van der Waals surface area contributed by atoms with Crippen molar-refractivity contribution >= 4 is 34.5 Å². The van der Waals surface area contributed by atoms with Crippen LogP contribution >= 0.6 is 11.8 Å². The van der Waals surface area contributed by atoms with Crippen molar-refractivity contribution in [3.8, 4) is 0 Å². The van der Waals surface area contributed by atoms with Gasteiger partial charge in [-0.15, -0.1) is 0 Å². The molecule has 1 heterocycles. The summed E-state index contributed by atoms with van der Waals surface area (Å²) in [6.45, 7) is 2.60. The molecule has 0 spiro atoms. The lowest BCUT2D eigenvalue weighted by Crippen LogP contribution is -2.34. The van der Waals surface area contributed by atoms with Crippen LogP contribution in [0.1, 0.15) is 55.8 Å². The maximum atomic E-state index is 13.0. The number of unbranched alkanes of at least 4 members (excludes halogenated alkanes) is 1. The number of nitrogens with zero attached hydrogens (tertiary/aromatic N) is 2. The average Bonchev–Trinajstić information content (AvgIpc) is 3.23. The van der Waals surface area contributed by atoms with Gasteiger partial charge in [-0.05, 0) is 37.5 Å². The molecule has 0 radical (unpaired) electrons. The predicted molar refractivity (Wildman–Crippen MR) is 113 cm³/mol. The third kappa shape index (κ3) is 5.18. The van der Waals surface area contributed by atoms with E-state index in [1.54, 1.807) is 22.8 Å². The molecule has 29 heavy (non-hydrogen) atoms. The van der Waals surface area contributed by atoms with Gasteiger partial charge in [-0.25, -0.2) is 9.78 Å². The number of hydrogen-bond donors (Lipinski definition) is 1. The summed E-state index contributed by atoms with van der Waals surface area (Å²) >= 11 is 1.26. The molecule has 1 aliphatic rings. The van der Waals surface area contributed by atoms with Crippen molar-refractivity contribution in [1.82, 2.24) is 14.9 Å². The summed E-state index contributed by atoms with van der Waals surface area (Å²) < 4.78 is 6.39. The Bertz CT molecular complexity index is 951. The lowest BCUT2D eigenvalue weighted by molar-refractivity contribution is -0.119.